The molecule has 1 aliphatic carbocycles. The molecule has 1 aliphatic rings. The van der Waals surface area contributed by atoms with Gasteiger partial charge in [0.1, 0.15) is 0 Å². The molecular formula is C14H18INO. The summed E-state index contributed by atoms with van der Waals surface area (Å²) in [6, 6.07) is 8.40. The van der Waals surface area contributed by atoms with Crippen LogP contribution in [0.4, 0.5) is 0 Å². The normalized spacial score (nSPS) is 14.7. The summed E-state index contributed by atoms with van der Waals surface area (Å²) in [6.45, 7) is 3.77. The lowest BCUT2D eigenvalue weighted by Crippen LogP contribution is -2.32. The molecule has 2 rings (SSSR count). The topological polar surface area (TPSA) is 20.3 Å². The Hall–Kier alpha value is -0.580. The van der Waals surface area contributed by atoms with Crippen LogP contribution in [-0.4, -0.2) is 17.4 Å². The lowest BCUT2D eigenvalue weighted by molar-refractivity contribution is -0.133. The van der Waals surface area contributed by atoms with E-state index in [1.54, 1.807) is 0 Å². The van der Waals surface area contributed by atoms with Gasteiger partial charge in [0.15, 0.2) is 0 Å². The van der Waals surface area contributed by atoms with E-state index in [1.165, 1.54) is 9.13 Å². The predicted molar refractivity (Wildman–Crippen MR) is 77.6 cm³/mol. The fourth-order valence-corrected chi connectivity index (χ4v) is 2.59. The summed E-state index contributed by atoms with van der Waals surface area (Å²) >= 11 is 2.31. The second-order valence-corrected chi connectivity index (χ2v) is 5.91. The van der Waals surface area contributed by atoms with Crippen molar-refractivity contribution in [3.05, 3.63) is 33.4 Å². The molecule has 0 spiro atoms. The zero-order chi connectivity index (χ0) is 12.3. The van der Waals surface area contributed by atoms with Gasteiger partial charge in [-0.15, -0.1) is 0 Å². The van der Waals surface area contributed by atoms with Crippen molar-refractivity contribution in [2.45, 2.75) is 32.7 Å². The van der Waals surface area contributed by atoms with Crippen molar-refractivity contribution in [2.75, 3.05) is 6.54 Å². The van der Waals surface area contributed by atoms with E-state index < -0.39 is 0 Å². The first-order valence-electron chi connectivity index (χ1n) is 6.24. The van der Waals surface area contributed by atoms with E-state index in [4.69, 9.17) is 0 Å². The van der Waals surface area contributed by atoms with E-state index in [0.29, 0.717) is 11.8 Å². The fraction of sp³-hybridized carbons (Fsp3) is 0.500. The molecule has 17 heavy (non-hydrogen) atoms. The van der Waals surface area contributed by atoms with Crippen molar-refractivity contribution in [1.29, 1.82) is 0 Å². The molecule has 1 amide bonds. The van der Waals surface area contributed by atoms with Crippen LogP contribution in [-0.2, 0) is 11.3 Å². The second-order valence-electron chi connectivity index (χ2n) is 4.66. The highest BCUT2D eigenvalue weighted by Crippen LogP contribution is 2.31. The molecule has 2 nitrogen and oxygen atoms in total. The Balaban J connectivity index is 2.03. The van der Waals surface area contributed by atoms with Crippen LogP contribution < -0.4 is 0 Å². The van der Waals surface area contributed by atoms with Gasteiger partial charge in [0.05, 0.1) is 0 Å². The maximum absolute atomic E-state index is 12.1. The summed E-state index contributed by atoms with van der Waals surface area (Å²) in [6.07, 6.45) is 3.21. The summed E-state index contributed by atoms with van der Waals surface area (Å²) in [4.78, 5) is 14.1. The minimum Gasteiger partial charge on any atom is -0.338 e. The largest absolute Gasteiger partial charge is 0.338 e. The lowest BCUT2D eigenvalue weighted by Gasteiger charge is -2.22. The summed E-state index contributed by atoms with van der Waals surface area (Å²) in [5, 5.41) is 0. The van der Waals surface area contributed by atoms with Crippen LogP contribution in [0.1, 0.15) is 31.7 Å². The van der Waals surface area contributed by atoms with E-state index >= 15 is 0 Å². The minimum atomic E-state index is 0.323. The average Bonchev–Trinajstić information content (AvgIpc) is 3.11. The molecule has 0 bridgehead atoms. The molecule has 1 aromatic carbocycles. The number of nitrogens with zero attached hydrogens (tertiary/aromatic N) is 1. The number of halogens is 1. The number of benzene rings is 1. The molecule has 0 radical (unpaired) electrons. The van der Waals surface area contributed by atoms with Crippen molar-refractivity contribution in [2.24, 2.45) is 5.92 Å². The van der Waals surface area contributed by atoms with Gasteiger partial charge in [0.2, 0.25) is 5.91 Å². The van der Waals surface area contributed by atoms with Gasteiger partial charge in [-0.05, 0) is 59.5 Å². The van der Waals surface area contributed by atoms with E-state index in [-0.39, 0.29) is 0 Å². The Bertz CT molecular complexity index is 401. The number of amides is 1. The van der Waals surface area contributed by atoms with Gasteiger partial charge in [-0.3, -0.25) is 4.79 Å². The highest BCUT2D eigenvalue weighted by atomic mass is 127. The van der Waals surface area contributed by atoms with Crippen molar-refractivity contribution in [1.82, 2.24) is 4.90 Å². The minimum absolute atomic E-state index is 0.323. The molecule has 0 atom stereocenters. The molecule has 0 aliphatic heterocycles. The van der Waals surface area contributed by atoms with Crippen LogP contribution >= 0.6 is 22.6 Å². The third-order valence-electron chi connectivity index (χ3n) is 2.99. The van der Waals surface area contributed by atoms with E-state index in [9.17, 15) is 4.79 Å². The second kappa shape index (κ2) is 5.85. The number of carbonyl (C=O) groups excluding carboxylic acids is 1. The molecule has 1 saturated carbocycles. The van der Waals surface area contributed by atoms with Crippen LogP contribution in [0.3, 0.4) is 0 Å². The number of hydrogen-bond donors (Lipinski definition) is 0. The Kier molecular flexibility index (Phi) is 4.42. The molecule has 92 valence electrons. The fourth-order valence-electron chi connectivity index (χ4n) is 1.98. The predicted octanol–water partition coefficient (Wildman–Crippen LogP) is 3.44. The maximum atomic E-state index is 12.1. The Morgan fingerprint density at radius 1 is 1.47 bits per heavy atom. The first-order valence-corrected chi connectivity index (χ1v) is 7.32. The summed E-state index contributed by atoms with van der Waals surface area (Å²) < 4.78 is 1.23. The first-order chi connectivity index (χ1) is 8.20. The average molecular weight is 343 g/mol. The molecule has 0 N–H and O–H groups in total. The smallest absolute Gasteiger partial charge is 0.225 e. The number of carbonyl (C=O) groups is 1. The Morgan fingerprint density at radius 3 is 2.82 bits per heavy atom. The van der Waals surface area contributed by atoms with Gasteiger partial charge >= 0.3 is 0 Å². The van der Waals surface area contributed by atoms with Gasteiger partial charge in [-0.1, -0.05) is 19.1 Å². The first kappa shape index (κ1) is 12.9. The van der Waals surface area contributed by atoms with Crippen LogP contribution in [0.25, 0.3) is 0 Å². The lowest BCUT2D eigenvalue weighted by atomic mass is 10.2. The molecule has 1 fully saturated rings. The Morgan fingerprint density at radius 2 is 2.24 bits per heavy atom. The van der Waals surface area contributed by atoms with Crippen LogP contribution in [0.15, 0.2) is 24.3 Å². The Labute approximate surface area is 117 Å². The van der Waals surface area contributed by atoms with Crippen molar-refractivity contribution < 1.29 is 4.79 Å². The molecule has 3 heteroatoms. The van der Waals surface area contributed by atoms with Crippen LogP contribution in [0.2, 0.25) is 0 Å². The molecule has 0 unspecified atom stereocenters. The van der Waals surface area contributed by atoms with Crippen molar-refractivity contribution in [3.8, 4) is 0 Å². The van der Waals surface area contributed by atoms with Gasteiger partial charge in [0, 0.05) is 22.6 Å². The maximum Gasteiger partial charge on any atom is 0.225 e. The van der Waals surface area contributed by atoms with E-state index in [0.717, 1.165) is 32.4 Å². The standard InChI is InChI=1S/C14H18INO/c1-2-8-16(14(17)12-6-7-12)10-11-4-3-5-13(15)9-11/h3-5,9,12H,2,6-8,10H2,1H3. The SMILES string of the molecule is CCCN(Cc1cccc(I)c1)C(=O)C1CC1. The molecule has 0 heterocycles. The van der Waals surface area contributed by atoms with E-state index in [2.05, 4.69) is 53.8 Å². The zero-order valence-corrected chi connectivity index (χ0v) is 12.3. The van der Waals surface area contributed by atoms with Gasteiger partial charge in [-0.2, -0.15) is 0 Å². The van der Waals surface area contributed by atoms with Crippen LogP contribution in [0, 0.1) is 9.49 Å². The summed E-state index contributed by atoms with van der Waals surface area (Å²) in [7, 11) is 0. The molecule has 1 aromatic rings. The molecule has 0 saturated heterocycles. The van der Waals surface area contributed by atoms with Gasteiger partial charge < -0.3 is 4.90 Å². The van der Waals surface area contributed by atoms with Crippen LogP contribution in [0.5, 0.6) is 0 Å². The third kappa shape index (κ3) is 3.69. The number of hydrogen-bond acceptors (Lipinski definition) is 1. The van der Waals surface area contributed by atoms with Gasteiger partial charge in [0.25, 0.3) is 0 Å². The monoisotopic (exact) mass is 343 g/mol. The highest BCUT2D eigenvalue weighted by molar-refractivity contribution is 14.1. The quantitative estimate of drug-likeness (QED) is 0.750. The van der Waals surface area contributed by atoms with Gasteiger partial charge in [-0.25, -0.2) is 0 Å². The highest BCUT2D eigenvalue weighted by Gasteiger charge is 2.32. The van der Waals surface area contributed by atoms with Crippen molar-refractivity contribution in [3.63, 3.8) is 0 Å². The summed E-state index contributed by atoms with van der Waals surface area (Å²) in [5.41, 5.74) is 1.24. The zero-order valence-electron chi connectivity index (χ0n) is 10.2. The van der Waals surface area contributed by atoms with Crippen molar-refractivity contribution >= 4 is 28.5 Å². The third-order valence-corrected chi connectivity index (χ3v) is 3.67. The molecular weight excluding hydrogens is 325 g/mol. The number of rotatable bonds is 5. The van der Waals surface area contributed by atoms with E-state index in [1.807, 2.05) is 4.90 Å². The summed E-state index contributed by atoms with van der Waals surface area (Å²) in [5.74, 6) is 0.676. The molecule has 0 aromatic heterocycles.